The minimum absolute atomic E-state index is 0.147. The minimum Gasteiger partial charge on any atom is -0.379 e. The van der Waals surface area contributed by atoms with Crippen LogP contribution in [-0.4, -0.2) is 83.8 Å². The molecule has 5 heterocycles. The molecule has 0 radical (unpaired) electrons. The molecular weight excluding hydrogens is 701 g/mol. The van der Waals surface area contributed by atoms with Crippen LogP contribution in [0, 0.1) is 11.2 Å². The Morgan fingerprint density at radius 2 is 1.70 bits per heavy atom. The molecule has 12 heteroatoms. The summed E-state index contributed by atoms with van der Waals surface area (Å²) in [6.45, 7) is 6.85. The highest BCUT2D eigenvalue weighted by Gasteiger charge is 2.38. The van der Waals surface area contributed by atoms with Crippen LogP contribution in [0.25, 0.3) is 0 Å². The second-order valence-corrected chi connectivity index (χ2v) is 15.8. The van der Waals surface area contributed by atoms with E-state index in [2.05, 4.69) is 77.7 Å². The van der Waals surface area contributed by atoms with Gasteiger partial charge in [-0.05, 0) is 109 Å². The molecule has 0 saturated carbocycles. The van der Waals surface area contributed by atoms with E-state index in [0.717, 1.165) is 76.5 Å². The number of rotatable bonds is 7. The van der Waals surface area contributed by atoms with Crippen molar-refractivity contribution < 1.29 is 14.0 Å². The van der Waals surface area contributed by atoms with E-state index in [-0.39, 0.29) is 29.7 Å². The summed E-state index contributed by atoms with van der Waals surface area (Å²) >= 11 is 3.45. The molecule has 1 aromatic heterocycles. The Morgan fingerprint density at radius 1 is 0.980 bits per heavy atom. The van der Waals surface area contributed by atoms with Crippen LogP contribution in [0.15, 0.2) is 57.9 Å². The van der Waals surface area contributed by atoms with Gasteiger partial charge in [-0.3, -0.25) is 24.6 Å². The van der Waals surface area contributed by atoms with Gasteiger partial charge in [0.2, 0.25) is 11.8 Å². The van der Waals surface area contributed by atoms with Crippen molar-refractivity contribution in [2.75, 3.05) is 56.5 Å². The highest BCUT2D eigenvalue weighted by Crippen LogP contribution is 2.43. The lowest BCUT2D eigenvalue weighted by Gasteiger charge is -2.47. The topological polar surface area (TPSA) is 103 Å². The van der Waals surface area contributed by atoms with Crippen molar-refractivity contribution in [3.05, 3.63) is 86.0 Å². The zero-order chi connectivity index (χ0) is 35.0. The van der Waals surface area contributed by atoms with Crippen LogP contribution in [0.5, 0.6) is 0 Å². The smallest absolute Gasteiger partial charge is 0.282 e. The standard InChI is InChI=1S/C38H47BrFN7O3/c1-44-23-27(19-28(24-44)42-33-21-41-45(2)37(50)35(33)39)26-5-3-25(4-6-26)22-46-15-11-38(12-16-46)13-17-47(18-14-38)29-7-8-30(32(40)20-29)31-9-10-34(48)43-36(31)49/h3-8,20-21,27-28,31,42H,9-19,22-24H2,1-2H3,(H,43,48,49)/t27-,28+,31?/m1/s1. The summed E-state index contributed by atoms with van der Waals surface area (Å²) in [5, 5.41) is 10.1. The molecule has 2 aromatic carbocycles. The first-order valence-corrected chi connectivity index (χ1v) is 18.7. The number of amides is 2. The second kappa shape index (κ2) is 14.6. The maximum Gasteiger partial charge on any atom is 0.282 e. The predicted octanol–water partition coefficient (Wildman–Crippen LogP) is 4.98. The fourth-order valence-corrected chi connectivity index (χ4v) is 9.03. The number of piperidine rings is 4. The number of carbonyl (C=O) groups is 2. The van der Waals surface area contributed by atoms with Crippen LogP contribution in [0.4, 0.5) is 15.8 Å². The third-order valence-electron chi connectivity index (χ3n) is 11.6. The number of likely N-dealkylation sites (tertiary alicyclic amines) is 2. The van der Waals surface area contributed by atoms with Crippen LogP contribution in [0.3, 0.4) is 0 Å². The van der Waals surface area contributed by atoms with E-state index in [0.29, 0.717) is 27.8 Å². The van der Waals surface area contributed by atoms with Gasteiger partial charge in [0.15, 0.2) is 0 Å². The molecule has 4 aliphatic heterocycles. The quantitative estimate of drug-likeness (QED) is 0.327. The molecule has 2 N–H and O–H groups in total. The number of aromatic nitrogens is 2. The van der Waals surface area contributed by atoms with Crippen molar-refractivity contribution in [3.8, 4) is 0 Å². The highest BCUT2D eigenvalue weighted by atomic mass is 79.9. The number of benzene rings is 2. The fraction of sp³-hybridized carbons (Fsp3) is 0.526. The molecule has 0 bridgehead atoms. The molecule has 1 spiro atoms. The van der Waals surface area contributed by atoms with Gasteiger partial charge in [-0.25, -0.2) is 9.07 Å². The fourth-order valence-electron chi connectivity index (χ4n) is 8.56. The molecule has 10 nitrogen and oxygen atoms in total. The van der Waals surface area contributed by atoms with Gasteiger partial charge in [-0.2, -0.15) is 5.10 Å². The predicted molar refractivity (Wildman–Crippen MR) is 196 cm³/mol. The zero-order valence-electron chi connectivity index (χ0n) is 29.0. The van der Waals surface area contributed by atoms with E-state index in [1.54, 1.807) is 25.4 Å². The average molecular weight is 749 g/mol. The Morgan fingerprint density at radius 3 is 2.40 bits per heavy atom. The molecule has 7 rings (SSSR count). The molecule has 3 atom stereocenters. The molecular formula is C38H47BrFN7O3. The zero-order valence-corrected chi connectivity index (χ0v) is 30.6. The van der Waals surface area contributed by atoms with Gasteiger partial charge in [0.05, 0.1) is 17.8 Å². The maximum absolute atomic E-state index is 15.2. The molecule has 3 aromatic rings. The number of carbonyl (C=O) groups excluding carboxylic acids is 2. The first kappa shape index (κ1) is 34.8. The first-order chi connectivity index (χ1) is 24.1. The molecule has 4 fully saturated rings. The lowest BCUT2D eigenvalue weighted by molar-refractivity contribution is -0.134. The van der Waals surface area contributed by atoms with Crippen LogP contribution in [-0.2, 0) is 23.2 Å². The van der Waals surface area contributed by atoms with Crippen LogP contribution in [0.1, 0.15) is 73.5 Å². The third kappa shape index (κ3) is 7.52. The van der Waals surface area contributed by atoms with Gasteiger partial charge >= 0.3 is 0 Å². The van der Waals surface area contributed by atoms with Crippen molar-refractivity contribution in [1.29, 1.82) is 0 Å². The number of aryl methyl sites for hydroxylation is 1. The van der Waals surface area contributed by atoms with E-state index in [1.165, 1.54) is 28.7 Å². The van der Waals surface area contributed by atoms with Crippen molar-refractivity contribution >= 4 is 39.1 Å². The molecule has 4 saturated heterocycles. The Labute approximate surface area is 301 Å². The Balaban J connectivity index is 0.888. The number of hydrogen-bond donors (Lipinski definition) is 2. The SMILES string of the molecule is CN1C[C@@H](Nc2cnn(C)c(=O)c2Br)C[C@@H](c2ccc(CN3CCC4(CC3)CCN(c3ccc(C5CCC(=O)NC5=O)c(F)c3)CC4)cc2)C1. The van der Waals surface area contributed by atoms with Crippen molar-refractivity contribution in [1.82, 2.24) is 24.9 Å². The van der Waals surface area contributed by atoms with Gasteiger partial charge in [0, 0.05) is 63.5 Å². The normalized spacial score (nSPS) is 24.7. The van der Waals surface area contributed by atoms with Crippen molar-refractivity contribution in [2.24, 2.45) is 12.5 Å². The summed E-state index contributed by atoms with van der Waals surface area (Å²) in [4.78, 5) is 43.3. The van der Waals surface area contributed by atoms with Gasteiger partial charge in [0.25, 0.3) is 5.56 Å². The molecule has 4 aliphatic rings. The third-order valence-corrected chi connectivity index (χ3v) is 12.4. The number of anilines is 2. The van der Waals surface area contributed by atoms with Crippen LogP contribution >= 0.6 is 15.9 Å². The lowest BCUT2D eigenvalue weighted by Crippen LogP contribution is -2.46. The highest BCUT2D eigenvalue weighted by molar-refractivity contribution is 9.10. The van der Waals surface area contributed by atoms with Gasteiger partial charge in [0.1, 0.15) is 10.3 Å². The van der Waals surface area contributed by atoms with Crippen molar-refractivity contribution in [2.45, 2.75) is 69.4 Å². The summed E-state index contributed by atoms with van der Waals surface area (Å²) in [6, 6.07) is 14.6. The van der Waals surface area contributed by atoms with E-state index in [9.17, 15) is 14.4 Å². The molecule has 0 aliphatic carbocycles. The summed E-state index contributed by atoms with van der Waals surface area (Å²) in [7, 11) is 3.81. The monoisotopic (exact) mass is 747 g/mol. The number of nitrogens with one attached hydrogen (secondary N) is 2. The molecule has 266 valence electrons. The number of hydrogen-bond acceptors (Lipinski definition) is 8. The lowest BCUT2D eigenvalue weighted by atomic mass is 9.71. The van der Waals surface area contributed by atoms with Gasteiger partial charge in [-0.15, -0.1) is 0 Å². The van der Waals surface area contributed by atoms with E-state index in [1.807, 2.05) is 6.07 Å². The largest absolute Gasteiger partial charge is 0.379 e. The number of nitrogens with zero attached hydrogens (tertiary/aromatic N) is 5. The van der Waals surface area contributed by atoms with Gasteiger partial charge in [-0.1, -0.05) is 30.3 Å². The summed E-state index contributed by atoms with van der Waals surface area (Å²) < 4.78 is 17.0. The molecule has 1 unspecified atom stereocenters. The summed E-state index contributed by atoms with van der Waals surface area (Å²) in [5.74, 6) is -1.26. The maximum atomic E-state index is 15.2. The molecule has 2 amide bonds. The van der Waals surface area contributed by atoms with E-state index in [4.69, 9.17) is 0 Å². The Hall–Kier alpha value is -3.61. The summed E-state index contributed by atoms with van der Waals surface area (Å²) in [5.41, 5.74) is 4.88. The Kier molecular flexibility index (Phi) is 10.1. The van der Waals surface area contributed by atoms with Crippen LogP contribution < -0.4 is 21.1 Å². The van der Waals surface area contributed by atoms with Crippen molar-refractivity contribution in [3.63, 3.8) is 0 Å². The van der Waals surface area contributed by atoms with Gasteiger partial charge < -0.3 is 15.1 Å². The second-order valence-electron chi connectivity index (χ2n) is 15.0. The Bertz CT molecular complexity index is 1780. The van der Waals surface area contributed by atoms with E-state index < -0.39 is 11.8 Å². The molecule has 50 heavy (non-hydrogen) atoms. The average Bonchev–Trinajstić information content (AvgIpc) is 3.10. The minimum atomic E-state index is -0.607. The number of imide groups is 1. The number of likely N-dealkylation sites (N-methyl/N-ethyl adjacent to an activating group) is 1. The number of halogens is 2. The van der Waals surface area contributed by atoms with E-state index >= 15 is 4.39 Å². The van der Waals surface area contributed by atoms with Crippen LogP contribution in [0.2, 0.25) is 0 Å². The summed E-state index contributed by atoms with van der Waals surface area (Å²) in [6.07, 6.45) is 7.87. The first-order valence-electron chi connectivity index (χ1n) is 17.9.